The molecule has 104 valence electrons. The molecule has 0 aliphatic carbocycles. The molecule has 0 unspecified atom stereocenters. The molecule has 0 aliphatic heterocycles. The van der Waals surface area contributed by atoms with Crippen molar-refractivity contribution in [1.29, 1.82) is 0 Å². The van der Waals surface area contributed by atoms with Gasteiger partial charge in [-0.15, -0.1) is 0 Å². The lowest BCUT2D eigenvalue weighted by molar-refractivity contribution is -0.132. The van der Waals surface area contributed by atoms with Gasteiger partial charge in [-0.05, 0) is 25.5 Å². The summed E-state index contributed by atoms with van der Waals surface area (Å²) in [5.74, 6) is -0.948. The van der Waals surface area contributed by atoms with Crippen LogP contribution in [0.4, 0.5) is 0 Å². The molecule has 0 amide bonds. The highest BCUT2D eigenvalue weighted by atomic mass is 16.4. The summed E-state index contributed by atoms with van der Waals surface area (Å²) in [6.07, 6.45) is 2.00. The van der Waals surface area contributed by atoms with E-state index < -0.39 is 5.97 Å². The Kier molecular flexibility index (Phi) is 3.98. The van der Waals surface area contributed by atoms with Crippen LogP contribution in [0, 0.1) is 6.92 Å². The first-order valence-corrected chi connectivity index (χ1v) is 6.43. The van der Waals surface area contributed by atoms with Crippen LogP contribution in [-0.2, 0) is 11.3 Å². The van der Waals surface area contributed by atoms with Crippen molar-refractivity contribution < 1.29 is 9.90 Å². The molecule has 2 aromatic rings. The number of hydrogen-bond acceptors (Lipinski definition) is 3. The van der Waals surface area contributed by atoms with Gasteiger partial charge in [0.25, 0.3) is 5.56 Å². The van der Waals surface area contributed by atoms with E-state index in [0.29, 0.717) is 23.2 Å². The summed E-state index contributed by atoms with van der Waals surface area (Å²) in [5.41, 5.74) is 1.95. The van der Waals surface area contributed by atoms with E-state index in [2.05, 4.69) is 4.98 Å². The topological polar surface area (TPSA) is 72.2 Å². The third kappa shape index (κ3) is 2.61. The van der Waals surface area contributed by atoms with Crippen molar-refractivity contribution >= 4 is 17.0 Å². The molecule has 1 aromatic heterocycles. The van der Waals surface area contributed by atoms with Crippen molar-refractivity contribution in [2.24, 2.45) is 0 Å². The van der Waals surface area contributed by atoms with E-state index >= 15 is 0 Å². The van der Waals surface area contributed by atoms with E-state index in [9.17, 15) is 9.59 Å². The number of rotatable bonds is 4. The average Bonchev–Trinajstić information content (AvgIpc) is 2.43. The van der Waals surface area contributed by atoms with Crippen molar-refractivity contribution in [1.82, 2.24) is 9.55 Å². The Bertz CT molecular complexity index is 744. The largest absolute Gasteiger partial charge is 0.478 e. The van der Waals surface area contributed by atoms with Crippen molar-refractivity contribution in [3.8, 4) is 0 Å². The predicted octanol–water partition coefficient (Wildman–Crippen LogP) is 2.13. The van der Waals surface area contributed by atoms with Crippen molar-refractivity contribution in [2.75, 3.05) is 0 Å². The molecular formula is C15H16N2O3. The molecule has 0 atom stereocenters. The Morgan fingerprint density at radius 2 is 2.10 bits per heavy atom. The van der Waals surface area contributed by atoms with Crippen LogP contribution in [0.25, 0.3) is 11.0 Å². The Hall–Kier alpha value is -2.43. The Balaban J connectivity index is 2.56. The van der Waals surface area contributed by atoms with E-state index in [4.69, 9.17) is 5.11 Å². The number of hydrogen-bond donors (Lipinski definition) is 1. The molecular weight excluding hydrogens is 256 g/mol. The maximum atomic E-state index is 12.2. The summed E-state index contributed by atoms with van der Waals surface area (Å²) in [5, 5.41) is 9.02. The monoisotopic (exact) mass is 272 g/mol. The quantitative estimate of drug-likeness (QED) is 0.865. The minimum atomic E-state index is -0.948. The van der Waals surface area contributed by atoms with Crippen molar-refractivity contribution in [2.45, 2.75) is 26.8 Å². The first-order valence-electron chi connectivity index (χ1n) is 6.43. The number of aryl methyl sites for hydroxylation is 1. The van der Waals surface area contributed by atoms with Gasteiger partial charge in [-0.2, -0.15) is 0 Å². The van der Waals surface area contributed by atoms with Crippen LogP contribution in [0.3, 0.4) is 0 Å². The van der Waals surface area contributed by atoms with Gasteiger partial charge in [0.05, 0.1) is 11.0 Å². The Labute approximate surface area is 116 Å². The van der Waals surface area contributed by atoms with Gasteiger partial charge in [-0.3, -0.25) is 4.79 Å². The fraction of sp³-hybridized carbons (Fsp3) is 0.267. The van der Waals surface area contributed by atoms with Crippen LogP contribution >= 0.6 is 0 Å². The number of allylic oxidation sites excluding steroid dienone is 1. The molecule has 0 aliphatic rings. The molecule has 20 heavy (non-hydrogen) atoms. The zero-order valence-electron chi connectivity index (χ0n) is 11.5. The zero-order valence-corrected chi connectivity index (χ0v) is 11.5. The van der Waals surface area contributed by atoms with Crippen LogP contribution in [0.1, 0.15) is 19.0 Å². The first kappa shape index (κ1) is 14.0. The highest BCUT2D eigenvalue weighted by Crippen LogP contribution is 2.10. The number of aliphatic carboxylic acids is 1. The fourth-order valence-corrected chi connectivity index (χ4v) is 2.09. The van der Waals surface area contributed by atoms with Crippen molar-refractivity contribution in [3.63, 3.8) is 0 Å². The van der Waals surface area contributed by atoms with Crippen LogP contribution in [0.15, 0.2) is 40.7 Å². The number of carboxylic acids is 1. The van der Waals surface area contributed by atoms with Gasteiger partial charge >= 0.3 is 5.97 Å². The maximum Gasteiger partial charge on any atom is 0.331 e. The second-order valence-electron chi connectivity index (χ2n) is 4.49. The normalized spacial score (nSPS) is 11.8. The molecule has 0 radical (unpaired) electrons. The molecule has 1 N–H and O–H groups in total. The summed E-state index contributed by atoms with van der Waals surface area (Å²) in [6, 6.07) is 7.33. The van der Waals surface area contributed by atoms with Crippen LogP contribution < -0.4 is 5.56 Å². The Morgan fingerprint density at radius 1 is 1.40 bits per heavy atom. The van der Waals surface area contributed by atoms with Crippen LogP contribution in [0.5, 0.6) is 0 Å². The second-order valence-corrected chi connectivity index (χ2v) is 4.49. The lowest BCUT2D eigenvalue weighted by Gasteiger charge is -2.09. The van der Waals surface area contributed by atoms with E-state index in [1.54, 1.807) is 24.5 Å². The van der Waals surface area contributed by atoms with Gasteiger partial charge in [0, 0.05) is 12.1 Å². The van der Waals surface area contributed by atoms with Gasteiger partial charge < -0.3 is 9.67 Å². The third-order valence-corrected chi connectivity index (χ3v) is 3.19. The highest BCUT2D eigenvalue weighted by molar-refractivity contribution is 5.86. The number of aromatic nitrogens is 2. The fourth-order valence-electron chi connectivity index (χ4n) is 2.09. The SMILES string of the molecule is CCC(=CCn1c(=O)c(C)nc2ccccc21)C(=O)O. The molecule has 0 saturated carbocycles. The van der Waals surface area contributed by atoms with Gasteiger partial charge in [-0.25, -0.2) is 9.78 Å². The zero-order chi connectivity index (χ0) is 14.7. The number of fused-ring (bicyclic) bond motifs is 1. The molecule has 5 nitrogen and oxygen atoms in total. The highest BCUT2D eigenvalue weighted by Gasteiger charge is 2.08. The lowest BCUT2D eigenvalue weighted by atomic mass is 10.2. The second kappa shape index (κ2) is 5.69. The molecule has 5 heteroatoms. The van der Waals surface area contributed by atoms with E-state index in [0.717, 1.165) is 5.52 Å². The maximum absolute atomic E-state index is 12.2. The first-order chi connectivity index (χ1) is 9.54. The number of carboxylic acid groups (broad SMARTS) is 1. The minimum Gasteiger partial charge on any atom is -0.478 e. The van der Waals surface area contributed by atoms with Gasteiger partial charge in [-0.1, -0.05) is 25.1 Å². The van der Waals surface area contributed by atoms with E-state index in [-0.39, 0.29) is 12.1 Å². The number of nitrogens with zero attached hydrogens (tertiary/aromatic N) is 2. The summed E-state index contributed by atoms with van der Waals surface area (Å²) < 4.78 is 1.55. The van der Waals surface area contributed by atoms with Gasteiger partial charge in [0.15, 0.2) is 0 Å². The molecule has 0 saturated heterocycles. The third-order valence-electron chi connectivity index (χ3n) is 3.19. The van der Waals surface area contributed by atoms with Crippen LogP contribution in [0.2, 0.25) is 0 Å². The minimum absolute atomic E-state index is 0.194. The van der Waals surface area contributed by atoms with Gasteiger partial charge in [0.2, 0.25) is 0 Å². The van der Waals surface area contributed by atoms with E-state index in [1.165, 1.54) is 0 Å². The molecule has 0 spiro atoms. The van der Waals surface area contributed by atoms with Gasteiger partial charge in [0.1, 0.15) is 5.69 Å². The molecule has 0 bridgehead atoms. The number of para-hydroxylation sites is 2. The molecule has 1 aromatic carbocycles. The number of carbonyl (C=O) groups is 1. The standard InChI is InChI=1S/C15H16N2O3/c1-3-11(15(19)20)8-9-17-13-7-5-4-6-12(13)16-10(2)14(17)18/h4-8H,3,9H2,1-2H3,(H,19,20). The summed E-state index contributed by atoms with van der Waals surface area (Å²) in [6.45, 7) is 3.67. The lowest BCUT2D eigenvalue weighted by Crippen LogP contribution is -2.24. The summed E-state index contributed by atoms with van der Waals surface area (Å²) in [7, 11) is 0. The Morgan fingerprint density at radius 3 is 2.75 bits per heavy atom. The molecule has 1 heterocycles. The van der Waals surface area contributed by atoms with E-state index in [1.807, 2.05) is 24.3 Å². The summed E-state index contributed by atoms with van der Waals surface area (Å²) >= 11 is 0. The average molecular weight is 272 g/mol. The smallest absolute Gasteiger partial charge is 0.331 e. The molecule has 2 rings (SSSR count). The van der Waals surface area contributed by atoms with Crippen molar-refractivity contribution in [3.05, 3.63) is 52.0 Å². The predicted molar refractivity (Wildman–Crippen MR) is 76.7 cm³/mol. The summed E-state index contributed by atoms with van der Waals surface area (Å²) in [4.78, 5) is 27.4. The van der Waals surface area contributed by atoms with Crippen LogP contribution in [-0.4, -0.2) is 20.6 Å². The number of benzene rings is 1. The molecule has 0 fully saturated rings.